The van der Waals surface area contributed by atoms with Crippen LogP contribution in [0.1, 0.15) is 27.9 Å². The number of alkyl halides is 3. The minimum Gasteiger partial charge on any atom is -0.496 e. The molecule has 0 bridgehead atoms. The van der Waals surface area contributed by atoms with Crippen LogP contribution in [-0.4, -0.2) is 37.0 Å². The normalized spacial score (nSPS) is 14.1. The number of para-hydroxylation sites is 1. The molecule has 1 aliphatic heterocycles. The van der Waals surface area contributed by atoms with E-state index in [0.717, 1.165) is 18.6 Å². The smallest absolute Gasteiger partial charge is 0.416 e. The lowest BCUT2D eigenvalue weighted by molar-refractivity contribution is -0.137. The van der Waals surface area contributed by atoms with Crippen LogP contribution >= 0.6 is 0 Å². The average Bonchev–Trinajstić information content (AvgIpc) is 2.85. The molecule has 0 saturated carbocycles. The molecule has 6 nitrogen and oxygen atoms in total. The van der Waals surface area contributed by atoms with E-state index in [-0.39, 0.29) is 18.5 Å². The molecule has 1 aliphatic rings. The monoisotopic (exact) mass is 483 g/mol. The number of carbonyl (C=O) groups excluding carboxylic acids is 2. The number of halogens is 3. The quantitative estimate of drug-likeness (QED) is 0.482. The molecular weight excluding hydrogens is 459 g/mol. The van der Waals surface area contributed by atoms with E-state index in [9.17, 15) is 22.8 Å². The molecular formula is C26H24F3N3O3. The molecule has 1 heterocycles. The zero-order chi connectivity index (χ0) is 25.0. The lowest BCUT2D eigenvalue weighted by Gasteiger charge is -2.35. The molecule has 9 heteroatoms. The summed E-state index contributed by atoms with van der Waals surface area (Å²) in [5, 5.41) is 2.82. The van der Waals surface area contributed by atoms with Crippen LogP contribution < -0.4 is 15.0 Å². The summed E-state index contributed by atoms with van der Waals surface area (Å²) < 4.78 is 43.6. The number of amides is 3. The van der Waals surface area contributed by atoms with Crippen molar-refractivity contribution in [1.82, 2.24) is 4.90 Å². The van der Waals surface area contributed by atoms with Crippen LogP contribution in [0.3, 0.4) is 0 Å². The number of ether oxygens (including phenoxy) is 1. The summed E-state index contributed by atoms with van der Waals surface area (Å²) in [6, 6.07) is 18.4. The third kappa shape index (κ3) is 5.56. The van der Waals surface area contributed by atoms with Gasteiger partial charge >= 0.3 is 12.2 Å². The molecule has 35 heavy (non-hydrogen) atoms. The first-order chi connectivity index (χ1) is 16.8. The Bertz CT molecular complexity index is 1190. The molecule has 0 radical (unpaired) electrons. The first-order valence-electron chi connectivity index (χ1n) is 11.0. The number of carbonyl (C=O) groups is 2. The largest absolute Gasteiger partial charge is 0.496 e. The Morgan fingerprint density at radius 3 is 2.31 bits per heavy atom. The standard InChI is InChI=1S/C26H24F3N3O3/c1-35-23-6-3-2-5-22(23)24(33)30-20-11-13-21(14-12-20)32-16-4-15-31(25(32)34)17-18-7-9-19(10-8-18)26(27,28)29/h2-3,5-14H,4,15-17H2,1H3,(H,30,33). The van der Waals surface area contributed by atoms with Gasteiger partial charge in [-0.3, -0.25) is 9.69 Å². The first kappa shape index (κ1) is 24.1. The molecule has 3 aromatic carbocycles. The minimum absolute atomic E-state index is 0.220. The Labute approximate surface area is 200 Å². The van der Waals surface area contributed by atoms with E-state index in [1.165, 1.54) is 19.2 Å². The van der Waals surface area contributed by atoms with Crippen LogP contribution in [0.5, 0.6) is 5.75 Å². The van der Waals surface area contributed by atoms with Crippen molar-refractivity contribution in [3.8, 4) is 5.75 Å². The SMILES string of the molecule is COc1ccccc1C(=O)Nc1ccc(N2CCCN(Cc3ccc(C(F)(F)F)cc3)C2=O)cc1. The number of benzene rings is 3. The predicted molar refractivity (Wildman–Crippen MR) is 127 cm³/mol. The molecule has 182 valence electrons. The molecule has 1 N–H and O–H groups in total. The van der Waals surface area contributed by atoms with Gasteiger partial charge in [-0.25, -0.2) is 4.79 Å². The summed E-state index contributed by atoms with van der Waals surface area (Å²) in [5.41, 5.74) is 1.55. The maximum Gasteiger partial charge on any atom is 0.416 e. The third-order valence-corrected chi connectivity index (χ3v) is 5.75. The summed E-state index contributed by atoms with van der Waals surface area (Å²) in [6.45, 7) is 1.26. The molecule has 0 aromatic heterocycles. The van der Waals surface area contributed by atoms with Crippen LogP contribution in [0, 0.1) is 0 Å². The average molecular weight is 483 g/mol. The summed E-state index contributed by atoms with van der Waals surface area (Å²) >= 11 is 0. The van der Waals surface area contributed by atoms with Crippen molar-refractivity contribution >= 4 is 23.3 Å². The number of nitrogens with zero attached hydrogens (tertiary/aromatic N) is 2. The number of hydrogen-bond acceptors (Lipinski definition) is 3. The Hall–Kier alpha value is -4.01. The van der Waals surface area contributed by atoms with E-state index in [2.05, 4.69) is 5.32 Å². The van der Waals surface area contributed by atoms with Crippen LogP contribution in [-0.2, 0) is 12.7 Å². The van der Waals surface area contributed by atoms with E-state index < -0.39 is 11.7 Å². The van der Waals surface area contributed by atoms with E-state index in [0.29, 0.717) is 41.3 Å². The molecule has 3 aromatic rings. The van der Waals surface area contributed by atoms with Crippen molar-refractivity contribution in [2.45, 2.75) is 19.1 Å². The second-order valence-electron chi connectivity index (χ2n) is 8.11. The summed E-state index contributed by atoms with van der Waals surface area (Å²) in [4.78, 5) is 28.9. The highest BCUT2D eigenvalue weighted by Crippen LogP contribution is 2.30. The van der Waals surface area contributed by atoms with E-state index in [4.69, 9.17) is 4.74 Å². The van der Waals surface area contributed by atoms with Crippen molar-refractivity contribution in [3.63, 3.8) is 0 Å². The highest BCUT2D eigenvalue weighted by Gasteiger charge is 2.31. The Morgan fingerprint density at radius 1 is 0.971 bits per heavy atom. The lowest BCUT2D eigenvalue weighted by Crippen LogP contribution is -2.49. The first-order valence-corrected chi connectivity index (χ1v) is 11.0. The molecule has 0 spiro atoms. The van der Waals surface area contributed by atoms with Crippen molar-refractivity contribution in [2.24, 2.45) is 0 Å². The van der Waals surface area contributed by atoms with E-state index in [1.54, 1.807) is 58.3 Å². The Kier molecular flexibility index (Phi) is 6.95. The number of hydrogen-bond donors (Lipinski definition) is 1. The number of anilines is 2. The maximum atomic E-state index is 13.1. The van der Waals surface area contributed by atoms with Crippen molar-refractivity contribution in [2.75, 3.05) is 30.4 Å². The zero-order valence-electron chi connectivity index (χ0n) is 19.0. The van der Waals surface area contributed by atoms with Crippen molar-refractivity contribution in [1.29, 1.82) is 0 Å². The highest BCUT2D eigenvalue weighted by molar-refractivity contribution is 6.06. The van der Waals surface area contributed by atoms with Gasteiger partial charge in [0.1, 0.15) is 5.75 Å². The van der Waals surface area contributed by atoms with Crippen molar-refractivity contribution < 1.29 is 27.5 Å². The van der Waals surface area contributed by atoms with Gasteiger partial charge < -0.3 is 15.0 Å². The second-order valence-corrected chi connectivity index (χ2v) is 8.11. The van der Waals surface area contributed by atoms with Gasteiger partial charge in [-0.1, -0.05) is 24.3 Å². The number of urea groups is 1. The fourth-order valence-electron chi connectivity index (χ4n) is 3.94. The number of nitrogens with one attached hydrogen (secondary N) is 1. The topological polar surface area (TPSA) is 61.9 Å². The summed E-state index contributed by atoms with van der Waals surface area (Å²) in [7, 11) is 1.50. The van der Waals surface area contributed by atoms with Gasteiger partial charge in [0.05, 0.1) is 18.2 Å². The molecule has 1 saturated heterocycles. The molecule has 3 amide bonds. The second kappa shape index (κ2) is 10.1. The van der Waals surface area contributed by atoms with Crippen LogP contribution in [0.25, 0.3) is 0 Å². The van der Waals surface area contributed by atoms with Gasteiger partial charge in [-0.05, 0) is 60.5 Å². The fourth-order valence-corrected chi connectivity index (χ4v) is 3.94. The van der Waals surface area contributed by atoms with Gasteiger partial charge in [0.15, 0.2) is 0 Å². The van der Waals surface area contributed by atoms with E-state index >= 15 is 0 Å². The maximum absolute atomic E-state index is 13.1. The van der Waals surface area contributed by atoms with Crippen LogP contribution in [0.4, 0.5) is 29.3 Å². The van der Waals surface area contributed by atoms with E-state index in [1.807, 2.05) is 0 Å². The molecule has 0 atom stereocenters. The van der Waals surface area contributed by atoms with Gasteiger partial charge in [0.25, 0.3) is 5.91 Å². The van der Waals surface area contributed by atoms with Gasteiger partial charge in [0, 0.05) is 31.0 Å². The number of methoxy groups -OCH3 is 1. The summed E-state index contributed by atoms with van der Waals surface area (Å²) in [5.74, 6) is 0.153. The summed E-state index contributed by atoms with van der Waals surface area (Å²) in [6.07, 6.45) is -3.67. The van der Waals surface area contributed by atoms with Crippen molar-refractivity contribution in [3.05, 3.63) is 89.5 Å². The minimum atomic E-state index is -4.39. The molecule has 0 aliphatic carbocycles. The van der Waals surface area contributed by atoms with Gasteiger partial charge in [-0.15, -0.1) is 0 Å². The van der Waals surface area contributed by atoms with Crippen LogP contribution in [0.2, 0.25) is 0 Å². The Morgan fingerprint density at radius 2 is 1.66 bits per heavy atom. The van der Waals surface area contributed by atoms with Gasteiger partial charge in [0.2, 0.25) is 0 Å². The highest BCUT2D eigenvalue weighted by atomic mass is 19.4. The lowest BCUT2D eigenvalue weighted by atomic mass is 10.1. The predicted octanol–water partition coefficient (Wildman–Crippen LogP) is 5.80. The molecule has 4 rings (SSSR count). The zero-order valence-corrected chi connectivity index (χ0v) is 19.0. The van der Waals surface area contributed by atoms with Gasteiger partial charge in [-0.2, -0.15) is 13.2 Å². The molecule has 1 fully saturated rings. The fraction of sp³-hybridized carbons (Fsp3) is 0.231. The number of rotatable bonds is 6. The van der Waals surface area contributed by atoms with Crippen LogP contribution in [0.15, 0.2) is 72.8 Å². The third-order valence-electron chi connectivity index (χ3n) is 5.75. The molecule has 0 unspecified atom stereocenters. The Balaban J connectivity index is 1.41.